The number of carbonyl (C=O) groups is 3. The van der Waals surface area contributed by atoms with Gasteiger partial charge in [-0.1, -0.05) is 30.3 Å². The second-order valence-electron chi connectivity index (χ2n) is 7.71. The Morgan fingerprint density at radius 1 is 1.07 bits per heavy atom. The second-order valence-corrected chi connectivity index (χ2v) is 7.71. The Hall–Kier alpha value is -3.41. The fourth-order valence-corrected chi connectivity index (χ4v) is 4.11. The molecule has 1 saturated heterocycles. The minimum absolute atomic E-state index is 0.0484. The molecule has 0 spiro atoms. The van der Waals surface area contributed by atoms with Gasteiger partial charge >= 0.3 is 5.97 Å². The van der Waals surface area contributed by atoms with Gasteiger partial charge in [-0.3, -0.25) is 9.59 Å². The molecule has 0 unspecified atom stereocenters. The Balaban J connectivity index is 1.46. The van der Waals surface area contributed by atoms with Gasteiger partial charge in [0.05, 0.1) is 12.7 Å². The Labute approximate surface area is 174 Å². The monoisotopic (exact) mass is 404 g/mol. The lowest BCUT2D eigenvalue weighted by Gasteiger charge is -2.32. The predicted octanol–water partition coefficient (Wildman–Crippen LogP) is 3.62. The van der Waals surface area contributed by atoms with Gasteiger partial charge in [0.25, 0.3) is 11.7 Å². The first kappa shape index (κ1) is 19.9. The second kappa shape index (κ2) is 8.53. The van der Waals surface area contributed by atoms with Crippen molar-refractivity contribution in [1.29, 1.82) is 0 Å². The zero-order valence-corrected chi connectivity index (χ0v) is 16.9. The number of ketones is 1. The number of nitrogens with zero attached hydrogens (tertiary/aromatic N) is 1. The summed E-state index contributed by atoms with van der Waals surface area (Å²) >= 11 is 0. The number of H-pyrrole nitrogens is 1. The number of rotatable bonds is 5. The summed E-state index contributed by atoms with van der Waals surface area (Å²) in [6.45, 7) is 1.44. The molecule has 2 heterocycles. The van der Waals surface area contributed by atoms with Crippen LogP contribution in [0, 0.1) is 5.92 Å². The number of amides is 1. The summed E-state index contributed by atoms with van der Waals surface area (Å²) in [7, 11) is 1.17. The van der Waals surface area contributed by atoms with Crippen molar-refractivity contribution in [3.05, 3.63) is 71.4 Å². The first-order chi connectivity index (χ1) is 14.6. The summed E-state index contributed by atoms with van der Waals surface area (Å²) < 4.78 is 4.53. The zero-order chi connectivity index (χ0) is 21.1. The number of nitrogens with one attached hydrogen (secondary N) is 1. The van der Waals surface area contributed by atoms with Crippen LogP contribution in [0.25, 0.3) is 10.9 Å². The van der Waals surface area contributed by atoms with E-state index in [0.29, 0.717) is 22.4 Å². The van der Waals surface area contributed by atoms with Crippen molar-refractivity contribution in [2.45, 2.75) is 19.3 Å². The van der Waals surface area contributed by atoms with Gasteiger partial charge < -0.3 is 14.6 Å². The summed E-state index contributed by atoms with van der Waals surface area (Å²) in [4.78, 5) is 41.7. The van der Waals surface area contributed by atoms with E-state index in [4.69, 9.17) is 0 Å². The molecule has 6 nitrogen and oxygen atoms in total. The number of Topliss-reactive ketones (excluding diaryl/α,β-unsaturated/α-hetero) is 1. The third-order valence-electron chi connectivity index (χ3n) is 5.81. The van der Waals surface area contributed by atoms with Crippen LogP contribution in [0.3, 0.4) is 0 Å². The number of benzene rings is 2. The number of carbonyl (C=O) groups excluding carboxylic acids is 3. The minimum Gasteiger partial charge on any atom is -0.463 e. The molecule has 3 aromatic rings. The number of hydrogen-bond acceptors (Lipinski definition) is 4. The molecular weight excluding hydrogens is 380 g/mol. The first-order valence-corrected chi connectivity index (χ1v) is 10.1. The summed E-state index contributed by atoms with van der Waals surface area (Å²) in [5.74, 6) is -1.12. The van der Waals surface area contributed by atoms with Crippen molar-refractivity contribution < 1.29 is 19.1 Å². The molecule has 1 amide bonds. The van der Waals surface area contributed by atoms with Crippen LogP contribution < -0.4 is 0 Å². The molecular formula is C24H24N2O4. The zero-order valence-electron chi connectivity index (χ0n) is 16.9. The average Bonchev–Trinajstić information content (AvgIpc) is 3.22. The molecule has 6 heteroatoms. The molecule has 1 N–H and O–H groups in total. The van der Waals surface area contributed by atoms with Crippen LogP contribution in [0.5, 0.6) is 0 Å². The number of likely N-dealkylation sites (tertiary alicyclic amines) is 1. The van der Waals surface area contributed by atoms with Crippen LogP contribution in [0.4, 0.5) is 0 Å². The van der Waals surface area contributed by atoms with E-state index in [0.717, 1.165) is 32.4 Å². The molecule has 0 bridgehead atoms. The normalized spacial score (nSPS) is 14.6. The van der Waals surface area contributed by atoms with Gasteiger partial charge in [-0.25, -0.2) is 4.79 Å². The summed E-state index contributed by atoms with van der Waals surface area (Å²) in [5, 5.41) is 0.551. The quantitative estimate of drug-likeness (QED) is 0.400. The van der Waals surface area contributed by atoms with Crippen molar-refractivity contribution in [2.24, 2.45) is 5.92 Å². The number of piperidine rings is 1. The maximum Gasteiger partial charge on any atom is 0.379 e. The van der Waals surface area contributed by atoms with Gasteiger partial charge in [-0.2, -0.15) is 0 Å². The fraction of sp³-hybridized carbons (Fsp3) is 0.292. The molecule has 4 rings (SSSR count). The van der Waals surface area contributed by atoms with Crippen LogP contribution in [0.15, 0.2) is 54.7 Å². The SMILES string of the molecule is COC(=O)C(=O)c1c[nH]c2ccc(C(=O)N3CCC(Cc4ccccc4)CC3)cc12. The highest BCUT2D eigenvalue weighted by Gasteiger charge is 2.25. The van der Waals surface area contributed by atoms with Gasteiger partial charge in [0, 0.05) is 35.8 Å². The lowest BCUT2D eigenvalue weighted by molar-refractivity contribution is -0.135. The number of methoxy groups -OCH3 is 1. The van der Waals surface area contributed by atoms with Crippen molar-refractivity contribution in [2.75, 3.05) is 20.2 Å². The topological polar surface area (TPSA) is 79.5 Å². The van der Waals surface area contributed by atoms with Gasteiger partial charge in [0.1, 0.15) is 0 Å². The summed E-state index contributed by atoms with van der Waals surface area (Å²) in [5.41, 5.74) is 2.76. The maximum atomic E-state index is 13.0. The van der Waals surface area contributed by atoms with Crippen molar-refractivity contribution in [1.82, 2.24) is 9.88 Å². The standard InChI is InChI=1S/C24H24N2O4/c1-30-24(29)22(27)20-15-25-21-8-7-18(14-19(20)21)23(28)26-11-9-17(10-12-26)13-16-5-3-2-4-6-16/h2-8,14-15,17,25H,9-13H2,1H3. The molecule has 2 aromatic carbocycles. The lowest BCUT2D eigenvalue weighted by atomic mass is 9.90. The Bertz CT molecular complexity index is 1080. The molecule has 30 heavy (non-hydrogen) atoms. The number of fused-ring (bicyclic) bond motifs is 1. The highest BCUT2D eigenvalue weighted by atomic mass is 16.5. The Morgan fingerprint density at radius 3 is 2.50 bits per heavy atom. The van der Waals surface area contributed by atoms with Gasteiger partial charge in [-0.05, 0) is 48.9 Å². The Kier molecular flexibility index (Phi) is 5.65. The van der Waals surface area contributed by atoms with Gasteiger partial charge in [-0.15, -0.1) is 0 Å². The minimum atomic E-state index is -0.923. The van der Waals surface area contributed by atoms with Gasteiger partial charge in [0.2, 0.25) is 0 Å². The van der Waals surface area contributed by atoms with Crippen LogP contribution >= 0.6 is 0 Å². The number of ether oxygens (including phenoxy) is 1. The molecule has 0 radical (unpaired) electrons. The van der Waals surface area contributed by atoms with Crippen molar-refractivity contribution in [3.8, 4) is 0 Å². The van der Waals surface area contributed by atoms with E-state index in [1.165, 1.54) is 18.9 Å². The Morgan fingerprint density at radius 2 is 1.80 bits per heavy atom. The van der Waals surface area contributed by atoms with E-state index in [1.807, 2.05) is 11.0 Å². The maximum absolute atomic E-state index is 13.0. The molecule has 1 fully saturated rings. The largest absolute Gasteiger partial charge is 0.463 e. The van der Waals surface area contributed by atoms with Crippen molar-refractivity contribution in [3.63, 3.8) is 0 Å². The molecule has 1 aliphatic rings. The number of aromatic nitrogens is 1. The summed E-state index contributed by atoms with van der Waals surface area (Å²) in [6, 6.07) is 15.6. The lowest BCUT2D eigenvalue weighted by Crippen LogP contribution is -2.38. The van der Waals surface area contributed by atoms with E-state index in [9.17, 15) is 14.4 Å². The highest BCUT2D eigenvalue weighted by molar-refractivity contribution is 6.43. The van der Waals surface area contributed by atoms with Crippen LogP contribution in [0.2, 0.25) is 0 Å². The van der Waals surface area contributed by atoms with Crippen LogP contribution in [0.1, 0.15) is 39.1 Å². The van der Waals surface area contributed by atoms with Gasteiger partial charge in [0.15, 0.2) is 0 Å². The number of esters is 1. The van der Waals surface area contributed by atoms with E-state index >= 15 is 0 Å². The van der Waals surface area contributed by atoms with E-state index in [2.05, 4.69) is 34.0 Å². The van der Waals surface area contributed by atoms with Crippen LogP contribution in [-0.2, 0) is 16.0 Å². The molecule has 1 aromatic heterocycles. The molecule has 0 aliphatic carbocycles. The van der Waals surface area contributed by atoms with E-state index < -0.39 is 11.8 Å². The fourth-order valence-electron chi connectivity index (χ4n) is 4.11. The third kappa shape index (κ3) is 3.99. The molecule has 0 saturated carbocycles. The highest BCUT2D eigenvalue weighted by Crippen LogP contribution is 2.25. The average molecular weight is 404 g/mol. The predicted molar refractivity (Wildman–Crippen MR) is 113 cm³/mol. The smallest absolute Gasteiger partial charge is 0.379 e. The van der Waals surface area contributed by atoms with E-state index in [-0.39, 0.29) is 11.5 Å². The molecule has 0 atom stereocenters. The number of hydrogen-bond donors (Lipinski definition) is 1. The van der Waals surface area contributed by atoms with Crippen LogP contribution in [-0.4, -0.2) is 47.7 Å². The first-order valence-electron chi connectivity index (χ1n) is 10.1. The summed E-state index contributed by atoms with van der Waals surface area (Å²) in [6.07, 6.45) is 4.46. The molecule has 1 aliphatic heterocycles. The number of aromatic amines is 1. The third-order valence-corrected chi connectivity index (χ3v) is 5.81. The van der Waals surface area contributed by atoms with Crippen molar-refractivity contribution >= 4 is 28.6 Å². The van der Waals surface area contributed by atoms with E-state index in [1.54, 1.807) is 18.2 Å². The molecule has 154 valence electrons.